The summed E-state index contributed by atoms with van der Waals surface area (Å²) in [6, 6.07) is 0. The molecule has 0 amide bonds. The first kappa shape index (κ1) is 32.9. The number of hydrogen-bond acceptors (Lipinski definition) is 4. The van der Waals surface area contributed by atoms with E-state index in [0.717, 1.165) is 13.4 Å². The van der Waals surface area contributed by atoms with Crippen LogP contribution < -0.4 is 22.6 Å². The maximum absolute atomic E-state index is 8.93. The highest BCUT2D eigenvalue weighted by molar-refractivity contribution is 6.25. The molecule has 0 saturated carbocycles. The van der Waals surface area contributed by atoms with Crippen LogP contribution in [0.4, 0.5) is 0 Å². The molecular weight excluding hydrogens is 310 g/mol. The first-order valence-electron chi connectivity index (χ1n) is 6.43. The second-order valence-corrected chi connectivity index (χ2v) is 8.62. The lowest BCUT2D eigenvalue weighted by Gasteiger charge is -2.14. The number of quaternary nitrogens is 3. The van der Waals surface area contributed by atoms with E-state index in [1.807, 2.05) is 0 Å². The minimum absolute atomic E-state index is 0. The molecule has 0 rings (SSSR count). The maximum Gasteiger partial charge on any atom is 0.0870 e. The molecule has 0 N–H and O–H groups in total. The van der Waals surface area contributed by atoms with Crippen molar-refractivity contribution in [1.29, 1.82) is 0 Å². The van der Waals surface area contributed by atoms with Gasteiger partial charge in [0.1, 0.15) is 0 Å². The predicted molar refractivity (Wildman–Crippen MR) is 81.9 cm³/mol. The number of carboxylic acid groups (broad SMARTS) is 2. The Morgan fingerprint density at radius 3 is 0.545 bits per heavy atom. The highest BCUT2D eigenvalue weighted by Gasteiger charge is 1.89. The average molecular weight is 346 g/mol. The Kier molecular flexibility index (Phi) is 20.6. The summed E-state index contributed by atoms with van der Waals surface area (Å²) in [7, 11) is 25.5. The fourth-order valence-electron chi connectivity index (χ4n) is 0. The summed E-state index contributed by atoms with van der Waals surface area (Å²) in [5, 5.41) is 17.9. The van der Waals surface area contributed by atoms with Gasteiger partial charge in [0.2, 0.25) is 0 Å². The smallest absolute Gasteiger partial charge is 0.0870 e. The molecule has 138 valence electrons. The molecule has 0 heterocycles. The van der Waals surface area contributed by atoms with E-state index in [-0.39, 0.29) is 12.4 Å². The number of nitrogens with zero attached hydrogens (tertiary/aromatic N) is 3. The Hall–Kier alpha value is -0.890. The summed E-state index contributed by atoms with van der Waals surface area (Å²) in [4.78, 5) is 17.9. The van der Waals surface area contributed by atoms with Gasteiger partial charge in [0.15, 0.2) is 0 Å². The fourth-order valence-corrected chi connectivity index (χ4v) is 0. The average Bonchev–Trinajstić information content (AvgIpc) is 1.92. The molecule has 8 heteroatoms. The van der Waals surface area contributed by atoms with E-state index in [1.165, 1.54) is 0 Å². The molecule has 0 fully saturated rings. The molecule has 7 nitrogen and oxygen atoms in total. The Balaban J connectivity index is -0.0000000577. The van der Waals surface area contributed by atoms with Gasteiger partial charge in [0, 0.05) is 0 Å². The number of carboxylic acids is 2. The van der Waals surface area contributed by atoms with Crippen molar-refractivity contribution in [3.05, 3.63) is 0 Å². The quantitative estimate of drug-likeness (QED) is 0.324. The van der Waals surface area contributed by atoms with Crippen LogP contribution in [-0.2, 0) is 9.59 Å². The van der Waals surface area contributed by atoms with Crippen molar-refractivity contribution in [2.75, 3.05) is 84.6 Å². The maximum atomic E-state index is 8.93. The predicted octanol–water partition coefficient (Wildman–Crippen LogP) is -5.54. The molecule has 0 aliphatic rings. The molecule has 0 bridgehead atoms. The summed E-state index contributed by atoms with van der Waals surface area (Å²) < 4.78 is 3.00. The molecule has 0 aliphatic heterocycles. The Labute approximate surface area is 142 Å². The van der Waals surface area contributed by atoms with Crippen molar-refractivity contribution in [2.24, 2.45) is 0 Å². The molecule has 0 unspecified atom stereocenters. The highest BCUT2D eigenvalue weighted by atomic mass is 35.5. The molecule has 0 spiro atoms. The molecule has 0 aromatic rings. The summed E-state index contributed by atoms with van der Waals surface area (Å²) in [5.41, 5.74) is 0. The van der Waals surface area contributed by atoms with Crippen LogP contribution in [0, 0.1) is 0 Å². The number of halogens is 1. The first-order chi connectivity index (χ1) is 8.64. The third kappa shape index (κ3) is 648. The lowest BCUT2D eigenvalue weighted by Crippen LogP contribution is -3.00. The lowest BCUT2D eigenvalue weighted by atomic mass is 10.7. The van der Waals surface area contributed by atoms with Crippen LogP contribution in [0.3, 0.4) is 0 Å². The monoisotopic (exact) mass is 345 g/mol. The zero-order valence-electron chi connectivity index (χ0n) is 16.4. The van der Waals surface area contributed by atoms with Crippen LogP contribution in [-0.4, -0.2) is 110 Å². The van der Waals surface area contributed by atoms with E-state index in [4.69, 9.17) is 19.8 Å². The zero-order chi connectivity index (χ0) is 18.7. The van der Waals surface area contributed by atoms with Gasteiger partial charge in [-0.3, -0.25) is 0 Å². The second-order valence-electron chi connectivity index (χ2n) is 8.62. The first-order valence-corrected chi connectivity index (χ1v) is 6.43. The van der Waals surface area contributed by atoms with Crippen LogP contribution in [0.25, 0.3) is 0 Å². The molecule has 22 heavy (non-hydrogen) atoms. The number of hydrogen-bond donors (Lipinski definition) is 0. The topological polar surface area (TPSA) is 80.3 Å². The number of rotatable bonds is 0. The van der Waals surface area contributed by atoms with Crippen LogP contribution in [0.1, 0.15) is 0 Å². The van der Waals surface area contributed by atoms with E-state index >= 15 is 0 Å². The van der Waals surface area contributed by atoms with Crippen LogP contribution in [0.15, 0.2) is 0 Å². The molecule has 0 aliphatic carbocycles. The SMILES string of the molecule is C[N+](C)(C)C.C[N+](C)(C)C.C[N+](C)(C)C.O=C([O-])C(=O)[O-].[Cl-]. The zero-order valence-corrected chi connectivity index (χ0v) is 17.1. The van der Waals surface area contributed by atoms with E-state index in [1.54, 1.807) is 0 Å². The fraction of sp³-hybridized carbons (Fsp3) is 0.857. The van der Waals surface area contributed by atoms with Gasteiger partial charge in [-0.1, -0.05) is 0 Å². The lowest BCUT2D eigenvalue weighted by molar-refractivity contribution is -0.849. The van der Waals surface area contributed by atoms with E-state index < -0.39 is 11.9 Å². The molecule has 0 aromatic heterocycles. The molecular formula is C14H36ClN3O4. The third-order valence-electron chi connectivity index (χ3n) is 0.167. The van der Waals surface area contributed by atoms with Gasteiger partial charge in [-0.15, -0.1) is 0 Å². The van der Waals surface area contributed by atoms with Crippen molar-refractivity contribution >= 4 is 11.9 Å². The molecule has 0 radical (unpaired) electrons. The van der Waals surface area contributed by atoms with Crippen LogP contribution >= 0.6 is 0 Å². The van der Waals surface area contributed by atoms with E-state index in [0.29, 0.717) is 0 Å². The van der Waals surface area contributed by atoms with Crippen LogP contribution in [0.5, 0.6) is 0 Å². The van der Waals surface area contributed by atoms with Crippen LogP contribution in [0.2, 0.25) is 0 Å². The minimum atomic E-state index is -2.19. The molecule has 0 atom stereocenters. The van der Waals surface area contributed by atoms with E-state index in [2.05, 4.69) is 84.6 Å². The van der Waals surface area contributed by atoms with Gasteiger partial charge >= 0.3 is 0 Å². The Bertz CT molecular complexity index is 231. The van der Waals surface area contributed by atoms with Gasteiger partial charge in [0.05, 0.1) is 96.5 Å². The largest absolute Gasteiger partial charge is 1.00 e. The minimum Gasteiger partial charge on any atom is -1.00 e. The Morgan fingerprint density at radius 1 is 0.500 bits per heavy atom. The Morgan fingerprint density at radius 2 is 0.545 bits per heavy atom. The van der Waals surface area contributed by atoms with Gasteiger partial charge in [-0.25, -0.2) is 0 Å². The number of aliphatic carboxylic acids is 2. The molecule has 0 aromatic carbocycles. The second kappa shape index (κ2) is 13.8. The summed E-state index contributed by atoms with van der Waals surface area (Å²) in [6.07, 6.45) is 0. The van der Waals surface area contributed by atoms with Crippen molar-refractivity contribution in [3.63, 3.8) is 0 Å². The third-order valence-corrected chi connectivity index (χ3v) is 0.167. The number of carbonyl (C=O) groups excluding carboxylic acids is 2. The van der Waals surface area contributed by atoms with Gasteiger partial charge < -0.3 is 45.7 Å². The normalized spacial score (nSPS) is 10.2. The summed E-state index contributed by atoms with van der Waals surface area (Å²) in [5.74, 6) is -4.37. The van der Waals surface area contributed by atoms with Gasteiger partial charge in [-0.05, 0) is 0 Å². The molecule has 0 saturated heterocycles. The highest BCUT2D eigenvalue weighted by Crippen LogP contribution is 1.74. The van der Waals surface area contributed by atoms with Crippen molar-refractivity contribution in [2.45, 2.75) is 0 Å². The van der Waals surface area contributed by atoms with Gasteiger partial charge in [0.25, 0.3) is 0 Å². The van der Waals surface area contributed by atoms with Crippen molar-refractivity contribution < 1.29 is 45.7 Å². The van der Waals surface area contributed by atoms with E-state index in [9.17, 15) is 0 Å². The van der Waals surface area contributed by atoms with Crippen molar-refractivity contribution in [1.82, 2.24) is 0 Å². The van der Waals surface area contributed by atoms with Crippen molar-refractivity contribution in [3.8, 4) is 0 Å². The summed E-state index contributed by atoms with van der Waals surface area (Å²) in [6.45, 7) is 0. The standard InChI is InChI=1S/3C4H12N.C2H2O4.ClH/c3*1-5(2,3)4;3-1(4)2(5)6;/h3*1-4H3;(H,3,4)(H,5,6);1H/q3*+1;;/p-3. The van der Waals surface area contributed by atoms with Gasteiger partial charge in [-0.2, -0.15) is 0 Å². The number of carbonyl (C=O) groups is 2. The summed E-state index contributed by atoms with van der Waals surface area (Å²) >= 11 is 0.